The lowest BCUT2D eigenvalue weighted by atomic mass is 9.77. The summed E-state index contributed by atoms with van der Waals surface area (Å²) in [5, 5.41) is 17.5. The number of nitrogens with one attached hydrogen (secondary N) is 1. The van der Waals surface area contributed by atoms with Gasteiger partial charge in [-0.3, -0.25) is 0 Å². The predicted molar refractivity (Wildman–Crippen MR) is 74.6 cm³/mol. The number of hydrogen-bond acceptors (Lipinski definition) is 4. The molecule has 0 saturated heterocycles. The van der Waals surface area contributed by atoms with E-state index in [0.29, 0.717) is 12.5 Å². The number of rotatable bonds is 6. The van der Waals surface area contributed by atoms with E-state index in [4.69, 9.17) is 0 Å². The number of aliphatic hydroxyl groups excluding tert-OH is 1. The Balaban J connectivity index is 1.97. The second-order valence-electron chi connectivity index (χ2n) is 5.89. The number of nitrogens with zero attached hydrogens (tertiary/aromatic N) is 3. The molecule has 0 aliphatic heterocycles. The molecule has 1 fully saturated rings. The summed E-state index contributed by atoms with van der Waals surface area (Å²) in [6.45, 7) is 6.20. The summed E-state index contributed by atoms with van der Waals surface area (Å²) >= 11 is 0. The van der Waals surface area contributed by atoms with E-state index in [0.717, 1.165) is 31.6 Å². The van der Waals surface area contributed by atoms with Crippen LogP contribution in [0.15, 0.2) is 6.33 Å². The topological polar surface area (TPSA) is 63.0 Å². The zero-order chi connectivity index (χ0) is 13.7. The van der Waals surface area contributed by atoms with Crippen LogP contribution in [0, 0.1) is 5.92 Å². The fourth-order valence-electron chi connectivity index (χ4n) is 3.11. The van der Waals surface area contributed by atoms with Crippen molar-refractivity contribution >= 4 is 0 Å². The third-order valence-electron chi connectivity index (χ3n) is 4.15. The Morgan fingerprint density at radius 2 is 2.42 bits per heavy atom. The molecular weight excluding hydrogens is 240 g/mol. The minimum atomic E-state index is -0.124. The first-order valence-corrected chi connectivity index (χ1v) is 7.41. The smallest absolute Gasteiger partial charge is 0.140 e. The molecule has 1 aliphatic rings. The van der Waals surface area contributed by atoms with Crippen molar-refractivity contribution in [2.45, 2.75) is 64.6 Å². The highest BCUT2D eigenvalue weighted by Gasteiger charge is 2.34. The van der Waals surface area contributed by atoms with Gasteiger partial charge in [0.2, 0.25) is 0 Å². The predicted octanol–water partition coefficient (Wildman–Crippen LogP) is 1.72. The first-order chi connectivity index (χ1) is 9.19. The van der Waals surface area contributed by atoms with Crippen molar-refractivity contribution in [1.82, 2.24) is 20.1 Å². The van der Waals surface area contributed by atoms with Crippen LogP contribution in [0.1, 0.15) is 51.8 Å². The van der Waals surface area contributed by atoms with E-state index >= 15 is 0 Å². The minimum Gasteiger partial charge on any atom is -0.394 e. The van der Waals surface area contributed by atoms with Gasteiger partial charge in [-0.15, -0.1) is 0 Å². The SMILES string of the molecule is CCCn1ncnc1CNC1(CO)CCCC(C)C1. The van der Waals surface area contributed by atoms with Gasteiger partial charge < -0.3 is 10.4 Å². The van der Waals surface area contributed by atoms with Gasteiger partial charge in [0.1, 0.15) is 12.2 Å². The minimum absolute atomic E-state index is 0.124. The van der Waals surface area contributed by atoms with Crippen molar-refractivity contribution in [3.63, 3.8) is 0 Å². The Kier molecular flexibility index (Phi) is 4.93. The number of aryl methyl sites for hydroxylation is 1. The molecule has 0 aromatic carbocycles. The third kappa shape index (κ3) is 3.54. The van der Waals surface area contributed by atoms with Crippen molar-refractivity contribution in [3.05, 3.63) is 12.2 Å². The van der Waals surface area contributed by atoms with Gasteiger partial charge in [-0.05, 0) is 25.2 Å². The molecule has 108 valence electrons. The monoisotopic (exact) mass is 266 g/mol. The normalized spacial score (nSPS) is 27.6. The first kappa shape index (κ1) is 14.5. The highest BCUT2D eigenvalue weighted by molar-refractivity contribution is 4.95. The maximum atomic E-state index is 9.76. The third-order valence-corrected chi connectivity index (χ3v) is 4.15. The highest BCUT2D eigenvalue weighted by atomic mass is 16.3. The summed E-state index contributed by atoms with van der Waals surface area (Å²) in [6, 6.07) is 0. The summed E-state index contributed by atoms with van der Waals surface area (Å²) in [6.07, 6.45) is 7.23. The Morgan fingerprint density at radius 3 is 3.11 bits per heavy atom. The van der Waals surface area contributed by atoms with Gasteiger partial charge in [0.05, 0.1) is 13.2 Å². The van der Waals surface area contributed by atoms with Crippen LogP contribution in [-0.4, -0.2) is 32.0 Å². The summed E-state index contributed by atoms with van der Waals surface area (Å²) in [7, 11) is 0. The summed E-state index contributed by atoms with van der Waals surface area (Å²) in [5.41, 5.74) is -0.124. The molecule has 0 radical (unpaired) electrons. The molecule has 0 spiro atoms. The standard InChI is InChI=1S/C14H26N4O/c1-3-7-18-13(15-11-17-18)9-16-14(10-19)6-4-5-12(2)8-14/h11-12,16,19H,3-10H2,1-2H3. The highest BCUT2D eigenvalue weighted by Crippen LogP contribution is 2.32. The van der Waals surface area contributed by atoms with Crippen LogP contribution >= 0.6 is 0 Å². The summed E-state index contributed by atoms with van der Waals surface area (Å²) < 4.78 is 1.95. The molecule has 19 heavy (non-hydrogen) atoms. The van der Waals surface area contributed by atoms with Crippen LogP contribution < -0.4 is 5.32 Å². The second-order valence-corrected chi connectivity index (χ2v) is 5.89. The number of aromatic nitrogens is 3. The van der Waals surface area contributed by atoms with E-state index in [1.807, 2.05) is 4.68 Å². The van der Waals surface area contributed by atoms with E-state index in [1.165, 1.54) is 12.8 Å². The largest absolute Gasteiger partial charge is 0.394 e. The summed E-state index contributed by atoms with van der Waals surface area (Å²) in [4.78, 5) is 4.31. The molecule has 0 amide bonds. The molecule has 1 aromatic rings. The zero-order valence-corrected chi connectivity index (χ0v) is 12.1. The molecule has 0 bridgehead atoms. The van der Waals surface area contributed by atoms with Gasteiger partial charge in [0, 0.05) is 12.1 Å². The Hall–Kier alpha value is -0.940. The second kappa shape index (κ2) is 6.48. The molecule has 2 unspecified atom stereocenters. The number of hydrogen-bond donors (Lipinski definition) is 2. The molecule has 2 N–H and O–H groups in total. The molecular formula is C14H26N4O. The number of aliphatic hydroxyl groups is 1. The van der Waals surface area contributed by atoms with E-state index in [1.54, 1.807) is 6.33 Å². The van der Waals surface area contributed by atoms with Crippen molar-refractivity contribution in [2.24, 2.45) is 5.92 Å². The fourth-order valence-corrected chi connectivity index (χ4v) is 3.11. The maximum absolute atomic E-state index is 9.76. The summed E-state index contributed by atoms with van der Waals surface area (Å²) in [5.74, 6) is 1.65. The molecule has 2 atom stereocenters. The average Bonchev–Trinajstić information content (AvgIpc) is 2.84. The van der Waals surface area contributed by atoms with Crippen LogP contribution in [0.2, 0.25) is 0 Å². The molecule has 5 heteroatoms. The van der Waals surface area contributed by atoms with Gasteiger partial charge in [0.25, 0.3) is 0 Å². The van der Waals surface area contributed by atoms with Gasteiger partial charge in [-0.1, -0.05) is 26.7 Å². The van der Waals surface area contributed by atoms with Crippen LogP contribution in [-0.2, 0) is 13.1 Å². The lowest BCUT2D eigenvalue weighted by Gasteiger charge is -2.39. The van der Waals surface area contributed by atoms with Crippen molar-refractivity contribution in [2.75, 3.05) is 6.61 Å². The van der Waals surface area contributed by atoms with Crippen molar-refractivity contribution in [3.8, 4) is 0 Å². The van der Waals surface area contributed by atoms with E-state index in [2.05, 4.69) is 29.2 Å². The molecule has 1 aliphatic carbocycles. The quantitative estimate of drug-likeness (QED) is 0.823. The van der Waals surface area contributed by atoms with Crippen LogP contribution in [0.25, 0.3) is 0 Å². The fraction of sp³-hybridized carbons (Fsp3) is 0.857. The van der Waals surface area contributed by atoms with E-state index in [-0.39, 0.29) is 12.1 Å². The molecule has 1 heterocycles. The van der Waals surface area contributed by atoms with Crippen LogP contribution in [0.4, 0.5) is 0 Å². The van der Waals surface area contributed by atoms with E-state index in [9.17, 15) is 5.11 Å². The molecule has 5 nitrogen and oxygen atoms in total. The molecule has 2 rings (SSSR count). The maximum Gasteiger partial charge on any atom is 0.140 e. The van der Waals surface area contributed by atoms with Gasteiger partial charge in [-0.25, -0.2) is 9.67 Å². The Morgan fingerprint density at radius 1 is 1.58 bits per heavy atom. The first-order valence-electron chi connectivity index (χ1n) is 7.41. The molecule has 1 saturated carbocycles. The van der Waals surface area contributed by atoms with Gasteiger partial charge in [0.15, 0.2) is 0 Å². The lowest BCUT2D eigenvalue weighted by molar-refractivity contribution is 0.0971. The van der Waals surface area contributed by atoms with Gasteiger partial charge >= 0.3 is 0 Å². The van der Waals surface area contributed by atoms with Crippen LogP contribution in [0.5, 0.6) is 0 Å². The van der Waals surface area contributed by atoms with Crippen molar-refractivity contribution < 1.29 is 5.11 Å². The van der Waals surface area contributed by atoms with E-state index < -0.39 is 0 Å². The van der Waals surface area contributed by atoms with Crippen LogP contribution in [0.3, 0.4) is 0 Å². The zero-order valence-electron chi connectivity index (χ0n) is 12.1. The lowest BCUT2D eigenvalue weighted by Crippen LogP contribution is -2.51. The molecule has 1 aromatic heterocycles. The van der Waals surface area contributed by atoms with Crippen molar-refractivity contribution in [1.29, 1.82) is 0 Å². The Bertz CT molecular complexity index is 393. The Labute approximate surface area is 115 Å². The van der Waals surface area contributed by atoms with Gasteiger partial charge in [-0.2, -0.15) is 5.10 Å². The average molecular weight is 266 g/mol.